The van der Waals surface area contributed by atoms with E-state index in [1.165, 1.54) is 64.2 Å². The summed E-state index contributed by atoms with van der Waals surface area (Å²) in [7, 11) is -4.84. The van der Waals surface area contributed by atoms with Crippen molar-refractivity contribution in [1.82, 2.24) is 0 Å². The Hall–Kier alpha value is -1.03. The van der Waals surface area contributed by atoms with Crippen LogP contribution in [0.3, 0.4) is 0 Å². The maximum Gasteiger partial charge on any atom is 0.469 e. The standard InChI is InChI=1S/C30H57O10P/c1-3-5-7-9-11-13-15-17-19-21-27(31)38-25-23-29(33)39-26(24-37-41(34,35)36)30(25)40-28(32)22-20-18-16-14-12-10-8-6-4-2/h25-26,29-30,33H,3-24H2,1-2H3,(H2,34,35,36)/t25-,26-,29?,30+/m1/s1. The summed E-state index contributed by atoms with van der Waals surface area (Å²) >= 11 is 0. The van der Waals surface area contributed by atoms with Crippen molar-refractivity contribution in [3.8, 4) is 0 Å². The van der Waals surface area contributed by atoms with E-state index >= 15 is 0 Å². The van der Waals surface area contributed by atoms with E-state index in [0.717, 1.165) is 38.5 Å². The number of rotatable bonds is 25. The molecule has 10 nitrogen and oxygen atoms in total. The van der Waals surface area contributed by atoms with Crippen LogP contribution in [0.2, 0.25) is 0 Å². The molecule has 0 aromatic rings. The molecule has 0 bridgehead atoms. The third-order valence-electron chi connectivity index (χ3n) is 7.42. The van der Waals surface area contributed by atoms with Crippen LogP contribution >= 0.6 is 7.82 Å². The fraction of sp³-hybridized carbons (Fsp3) is 0.933. The van der Waals surface area contributed by atoms with Gasteiger partial charge in [-0.3, -0.25) is 14.1 Å². The number of phosphoric acid groups is 1. The van der Waals surface area contributed by atoms with E-state index in [9.17, 15) is 19.3 Å². The molecule has 3 N–H and O–H groups in total. The first-order chi connectivity index (χ1) is 19.7. The Balaban J connectivity index is 2.54. The van der Waals surface area contributed by atoms with Gasteiger partial charge in [0.1, 0.15) is 12.2 Å². The number of ether oxygens (including phenoxy) is 3. The third-order valence-corrected chi connectivity index (χ3v) is 7.91. The summed E-state index contributed by atoms with van der Waals surface area (Å²) in [4.78, 5) is 43.5. The second kappa shape index (κ2) is 23.4. The number of carbonyl (C=O) groups is 2. The summed E-state index contributed by atoms with van der Waals surface area (Å²) in [6.07, 6.45) is 15.4. The van der Waals surface area contributed by atoms with Crippen molar-refractivity contribution in [2.24, 2.45) is 0 Å². The molecule has 1 aliphatic rings. The van der Waals surface area contributed by atoms with Gasteiger partial charge in [-0.15, -0.1) is 0 Å². The molecule has 4 atom stereocenters. The predicted molar refractivity (Wildman–Crippen MR) is 157 cm³/mol. The van der Waals surface area contributed by atoms with Gasteiger partial charge in [0.05, 0.1) is 6.61 Å². The molecule has 1 unspecified atom stereocenters. The molecule has 1 saturated heterocycles. The van der Waals surface area contributed by atoms with Crippen molar-refractivity contribution >= 4 is 19.8 Å². The molecule has 0 aliphatic carbocycles. The first-order valence-corrected chi connectivity index (χ1v) is 17.6. The number of aliphatic hydroxyl groups excluding tert-OH is 1. The van der Waals surface area contributed by atoms with Gasteiger partial charge in [0.2, 0.25) is 0 Å². The number of hydrogen-bond acceptors (Lipinski definition) is 8. The molecule has 0 saturated carbocycles. The summed E-state index contributed by atoms with van der Waals surface area (Å²) in [6.45, 7) is 3.75. The third kappa shape index (κ3) is 20.5. The van der Waals surface area contributed by atoms with E-state index in [-0.39, 0.29) is 19.3 Å². The van der Waals surface area contributed by atoms with E-state index < -0.39 is 51.0 Å². The van der Waals surface area contributed by atoms with Crippen molar-refractivity contribution in [3.05, 3.63) is 0 Å². The first kappa shape index (κ1) is 38.0. The lowest BCUT2D eigenvalue weighted by Crippen LogP contribution is -2.53. The minimum absolute atomic E-state index is 0.119. The number of aliphatic hydroxyl groups is 1. The van der Waals surface area contributed by atoms with Gasteiger partial charge in [0, 0.05) is 19.3 Å². The highest BCUT2D eigenvalue weighted by Gasteiger charge is 2.44. The molecule has 0 radical (unpaired) electrons. The van der Waals surface area contributed by atoms with Gasteiger partial charge in [-0.25, -0.2) is 4.57 Å². The van der Waals surface area contributed by atoms with Gasteiger partial charge in [-0.1, -0.05) is 117 Å². The first-order valence-electron chi connectivity index (χ1n) is 16.1. The monoisotopic (exact) mass is 608 g/mol. The van der Waals surface area contributed by atoms with Gasteiger partial charge in [-0.05, 0) is 12.8 Å². The smallest absolute Gasteiger partial charge is 0.458 e. The van der Waals surface area contributed by atoms with Crippen molar-refractivity contribution < 1.29 is 47.8 Å². The van der Waals surface area contributed by atoms with Crippen LogP contribution in [0.15, 0.2) is 0 Å². The Morgan fingerprint density at radius 1 is 0.707 bits per heavy atom. The molecular formula is C30H57O10P. The maximum atomic E-state index is 12.7. The highest BCUT2D eigenvalue weighted by molar-refractivity contribution is 7.46. The lowest BCUT2D eigenvalue weighted by Gasteiger charge is -2.38. The lowest BCUT2D eigenvalue weighted by molar-refractivity contribution is -0.251. The Bertz CT molecular complexity index is 728. The van der Waals surface area contributed by atoms with Crippen LogP contribution in [0.1, 0.15) is 149 Å². The number of unbranched alkanes of at least 4 members (excludes halogenated alkanes) is 16. The second-order valence-corrected chi connectivity index (χ2v) is 12.5. The molecule has 41 heavy (non-hydrogen) atoms. The maximum absolute atomic E-state index is 12.7. The molecule has 11 heteroatoms. The zero-order valence-electron chi connectivity index (χ0n) is 25.5. The van der Waals surface area contributed by atoms with E-state index in [1.807, 2.05) is 0 Å². The van der Waals surface area contributed by atoms with Gasteiger partial charge in [-0.2, -0.15) is 0 Å². The highest BCUT2D eigenvalue weighted by atomic mass is 31.2. The van der Waals surface area contributed by atoms with Gasteiger partial charge in [0.15, 0.2) is 12.4 Å². The quantitative estimate of drug-likeness (QED) is 0.0569. The van der Waals surface area contributed by atoms with Crippen LogP contribution in [0.4, 0.5) is 0 Å². The Morgan fingerprint density at radius 3 is 1.56 bits per heavy atom. The SMILES string of the molecule is CCCCCCCCCCCC(=O)O[C@H]1[C@H](OC(=O)CCCCCCCCCCC)CC(O)O[C@@H]1COP(=O)(O)O. The normalized spacial score (nSPS) is 21.1. The molecule has 0 amide bonds. The van der Waals surface area contributed by atoms with Crippen LogP contribution in [-0.4, -0.2) is 58.0 Å². The molecule has 1 heterocycles. The lowest BCUT2D eigenvalue weighted by atomic mass is 10.0. The minimum atomic E-state index is -4.84. The van der Waals surface area contributed by atoms with Gasteiger partial charge < -0.3 is 29.1 Å². The molecule has 0 spiro atoms. The van der Waals surface area contributed by atoms with Gasteiger partial charge >= 0.3 is 19.8 Å². The average Bonchev–Trinajstić information content (AvgIpc) is 2.91. The zero-order chi connectivity index (χ0) is 30.3. The Labute approximate surface area is 247 Å². The summed E-state index contributed by atoms with van der Waals surface area (Å²) in [6, 6.07) is 0. The van der Waals surface area contributed by atoms with E-state index in [0.29, 0.717) is 12.8 Å². The minimum Gasteiger partial charge on any atom is -0.458 e. The van der Waals surface area contributed by atoms with Crippen molar-refractivity contribution in [2.75, 3.05) is 6.61 Å². The fourth-order valence-corrected chi connectivity index (χ4v) is 5.42. The Kier molecular flexibility index (Phi) is 21.7. The van der Waals surface area contributed by atoms with Crippen LogP contribution in [-0.2, 0) is 32.9 Å². The van der Waals surface area contributed by atoms with Crippen molar-refractivity contribution in [3.63, 3.8) is 0 Å². The highest BCUT2D eigenvalue weighted by Crippen LogP contribution is 2.37. The molecule has 0 aromatic heterocycles. The fourth-order valence-electron chi connectivity index (χ4n) is 5.08. The average molecular weight is 609 g/mol. The largest absolute Gasteiger partial charge is 0.469 e. The van der Waals surface area contributed by atoms with Crippen LogP contribution in [0.5, 0.6) is 0 Å². The molecule has 242 valence electrons. The van der Waals surface area contributed by atoms with E-state index in [4.69, 9.17) is 24.0 Å². The summed E-state index contributed by atoms with van der Waals surface area (Å²) < 4.78 is 32.4. The van der Waals surface area contributed by atoms with Crippen molar-refractivity contribution in [1.29, 1.82) is 0 Å². The summed E-state index contributed by atoms with van der Waals surface area (Å²) in [5, 5.41) is 10.2. The molecule has 1 aliphatic heterocycles. The van der Waals surface area contributed by atoms with Crippen LogP contribution in [0, 0.1) is 0 Å². The zero-order valence-corrected chi connectivity index (χ0v) is 26.4. The molecular weight excluding hydrogens is 551 g/mol. The van der Waals surface area contributed by atoms with Crippen LogP contribution < -0.4 is 0 Å². The molecule has 1 fully saturated rings. The second-order valence-electron chi connectivity index (χ2n) is 11.3. The summed E-state index contributed by atoms with van der Waals surface area (Å²) in [5.74, 6) is -0.985. The van der Waals surface area contributed by atoms with Crippen LogP contribution in [0.25, 0.3) is 0 Å². The summed E-state index contributed by atoms with van der Waals surface area (Å²) in [5.41, 5.74) is 0. The molecule has 1 rings (SSSR count). The topological polar surface area (TPSA) is 149 Å². The number of hydrogen-bond donors (Lipinski definition) is 3. The number of carbonyl (C=O) groups excluding carboxylic acids is 2. The number of esters is 2. The van der Waals surface area contributed by atoms with Crippen molar-refractivity contribution in [2.45, 2.75) is 173 Å². The predicted octanol–water partition coefficient (Wildman–Crippen LogP) is 6.87. The Morgan fingerprint density at radius 2 is 1.12 bits per heavy atom. The van der Waals surface area contributed by atoms with E-state index in [1.54, 1.807) is 0 Å². The van der Waals surface area contributed by atoms with Gasteiger partial charge in [0.25, 0.3) is 0 Å². The van der Waals surface area contributed by atoms with E-state index in [2.05, 4.69) is 18.4 Å². The number of phosphoric ester groups is 1. The molecule has 0 aromatic carbocycles.